The van der Waals surface area contributed by atoms with Crippen molar-refractivity contribution in [3.63, 3.8) is 0 Å². The Balaban J connectivity index is 2.01. The molecule has 96 valence electrons. The smallest absolute Gasteiger partial charge is 0.0743 e. The molecule has 0 saturated heterocycles. The summed E-state index contributed by atoms with van der Waals surface area (Å²) in [5, 5.41) is 6.51. The van der Waals surface area contributed by atoms with E-state index >= 15 is 0 Å². The Morgan fingerprint density at radius 2 is 2.21 bits per heavy atom. The van der Waals surface area contributed by atoms with Crippen molar-refractivity contribution in [3.05, 3.63) is 51.3 Å². The van der Waals surface area contributed by atoms with E-state index in [9.17, 15) is 0 Å². The predicted octanol–water partition coefficient (Wildman–Crippen LogP) is 4.25. The summed E-state index contributed by atoms with van der Waals surface area (Å²) in [6.07, 6.45) is 1.70. The number of nitrogens with one attached hydrogen (secondary N) is 1. The number of nitrogen functional groups attached to an aromatic ring is 1. The number of aromatic nitrogens is 1. The third-order valence-corrected chi connectivity index (χ3v) is 4.25. The minimum atomic E-state index is 0.669. The van der Waals surface area contributed by atoms with E-state index in [-0.39, 0.29) is 0 Å². The Labute approximate surface area is 123 Å². The number of anilines is 2. The van der Waals surface area contributed by atoms with Gasteiger partial charge in [-0.1, -0.05) is 22.0 Å². The van der Waals surface area contributed by atoms with Crippen LogP contribution in [0.25, 0.3) is 10.9 Å². The van der Waals surface area contributed by atoms with E-state index in [4.69, 9.17) is 5.73 Å². The number of thiophene rings is 1. The third kappa shape index (κ3) is 2.57. The van der Waals surface area contributed by atoms with Crippen molar-refractivity contribution in [1.29, 1.82) is 0 Å². The molecule has 3 nitrogen and oxygen atoms in total. The Bertz CT molecular complexity index is 705. The fourth-order valence-electron chi connectivity index (χ4n) is 1.97. The number of benzene rings is 1. The first kappa shape index (κ1) is 12.4. The molecule has 0 atom stereocenters. The van der Waals surface area contributed by atoms with Gasteiger partial charge in [-0.3, -0.25) is 4.98 Å². The summed E-state index contributed by atoms with van der Waals surface area (Å²) >= 11 is 5.22. The van der Waals surface area contributed by atoms with E-state index in [0.717, 1.165) is 27.6 Å². The Morgan fingerprint density at radius 1 is 1.32 bits per heavy atom. The van der Waals surface area contributed by atoms with E-state index < -0.39 is 0 Å². The largest absolute Gasteiger partial charge is 0.396 e. The summed E-state index contributed by atoms with van der Waals surface area (Å²) in [6.45, 7) is 0.771. The van der Waals surface area contributed by atoms with Crippen LogP contribution in [0.4, 0.5) is 11.4 Å². The zero-order chi connectivity index (χ0) is 13.2. The minimum absolute atomic E-state index is 0.669. The topological polar surface area (TPSA) is 50.9 Å². The van der Waals surface area contributed by atoms with Crippen LogP contribution >= 0.6 is 27.3 Å². The molecule has 0 aliphatic heterocycles. The number of nitrogens with zero attached hydrogens (tertiary/aromatic N) is 1. The van der Waals surface area contributed by atoms with Crippen LogP contribution in [0.3, 0.4) is 0 Å². The Morgan fingerprint density at radius 3 is 3.00 bits per heavy atom. The molecule has 3 N–H and O–H groups in total. The van der Waals surface area contributed by atoms with Crippen LogP contribution in [-0.4, -0.2) is 4.98 Å². The number of rotatable bonds is 3. The van der Waals surface area contributed by atoms with Gasteiger partial charge in [0.15, 0.2) is 0 Å². The van der Waals surface area contributed by atoms with Crippen molar-refractivity contribution in [1.82, 2.24) is 4.98 Å². The Kier molecular flexibility index (Phi) is 3.40. The lowest BCUT2D eigenvalue weighted by atomic mass is 10.1. The number of nitrogens with two attached hydrogens (primary N) is 1. The molecule has 0 saturated carbocycles. The molecule has 5 heteroatoms. The molecule has 3 aromatic rings. The molecule has 0 amide bonds. The quantitative estimate of drug-likeness (QED) is 0.753. The van der Waals surface area contributed by atoms with Crippen LogP contribution in [0, 0.1) is 0 Å². The molecule has 0 bridgehead atoms. The molecule has 0 unspecified atom stereocenters. The highest BCUT2D eigenvalue weighted by Gasteiger charge is 2.07. The van der Waals surface area contributed by atoms with Gasteiger partial charge in [0.25, 0.3) is 0 Å². The molecule has 2 aromatic heterocycles. The van der Waals surface area contributed by atoms with Gasteiger partial charge in [0, 0.05) is 21.3 Å². The normalized spacial score (nSPS) is 10.8. The minimum Gasteiger partial charge on any atom is -0.396 e. The highest BCUT2D eigenvalue weighted by Crippen LogP contribution is 2.30. The van der Waals surface area contributed by atoms with Gasteiger partial charge >= 0.3 is 0 Å². The maximum Gasteiger partial charge on any atom is 0.0743 e. The van der Waals surface area contributed by atoms with Crippen molar-refractivity contribution < 1.29 is 0 Å². The van der Waals surface area contributed by atoms with Crippen LogP contribution in [0.2, 0.25) is 0 Å². The molecular formula is C14H12BrN3S. The SMILES string of the molecule is Nc1cnc2ccc(Br)cc2c1NCc1cccs1. The van der Waals surface area contributed by atoms with E-state index in [1.165, 1.54) is 4.88 Å². The summed E-state index contributed by atoms with van der Waals surface area (Å²) in [6, 6.07) is 10.2. The lowest BCUT2D eigenvalue weighted by molar-refractivity contribution is 1.20. The predicted molar refractivity (Wildman–Crippen MR) is 85.5 cm³/mol. The molecule has 0 aliphatic carbocycles. The van der Waals surface area contributed by atoms with Gasteiger partial charge in [-0.2, -0.15) is 0 Å². The average Bonchev–Trinajstić information content (AvgIpc) is 2.91. The molecule has 19 heavy (non-hydrogen) atoms. The lowest BCUT2D eigenvalue weighted by Crippen LogP contribution is -2.03. The maximum atomic E-state index is 6.04. The molecule has 0 radical (unpaired) electrons. The first-order chi connectivity index (χ1) is 9.24. The van der Waals surface area contributed by atoms with Gasteiger partial charge in [-0.05, 0) is 29.6 Å². The Hall–Kier alpha value is -1.59. The number of pyridine rings is 1. The van der Waals surface area contributed by atoms with Crippen LogP contribution in [0.15, 0.2) is 46.4 Å². The second-order valence-electron chi connectivity index (χ2n) is 4.18. The fourth-order valence-corrected chi connectivity index (χ4v) is 2.97. The molecule has 0 fully saturated rings. The summed E-state index contributed by atoms with van der Waals surface area (Å²) in [5.74, 6) is 0. The highest BCUT2D eigenvalue weighted by molar-refractivity contribution is 9.10. The average molecular weight is 334 g/mol. The van der Waals surface area contributed by atoms with Crippen molar-refractivity contribution in [2.75, 3.05) is 11.1 Å². The van der Waals surface area contributed by atoms with E-state index in [0.29, 0.717) is 5.69 Å². The second-order valence-corrected chi connectivity index (χ2v) is 6.13. The fraction of sp³-hybridized carbons (Fsp3) is 0.0714. The van der Waals surface area contributed by atoms with Gasteiger partial charge in [0.1, 0.15) is 0 Å². The second kappa shape index (κ2) is 5.19. The first-order valence-corrected chi connectivity index (χ1v) is 7.51. The molecule has 3 rings (SSSR count). The zero-order valence-corrected chi connectivity index (χ0v) is 12.5. The zero-order valence-electron chi connectivity index (χ0n) is 10.1. The number of fused-ring (bicyclic) bond motifs is 1. The highest BCUT2D eigenvalue weighted by atomic mass is 79.9. The van der Waals surface area contributed by atoms with Crippen molar-refractivity contribution in [2.45, 2.75) is 6.54 Å². The van der Waals surface area contributed by atoms with Gasteiger partial charge in [-0.15, -0.1) is 11.3 Å². The van der Waals surface area contributed by atoms with Crippen LogP contribution in [-0.2, 0) is 6.54 Å². The summed E-state index contributed by atoms with van der Waals surface area (Å²) in [7, 11) is 0. The van der Waals surface area contributed by atoms with Gasteiger partial charge in [0.05, 0.1) is 23.1 Å². The van der Waals surface area contributed by atoms with Crippen molar-refractivity contribution in [3.8, 4) is 0 Å². The molecule has 0 spiro atoms. The summed E-state index contributed by atoms with van der Waals surface area (Å²) < 4.78 is 1.02. The van der Waals surface area contributed by atoms with Crippen molar-refractivity contribution in [2.24, 2.45) is 0 Å². The van der Waals surface area contributed by atoms with Crippen LogP contribution in [0.1, 0.15) is 4.88 Å². The number of halogens is 1. The third-order valence-electron chi connectivity index (χ3n) is 2.88. The van der Waals surface area contributed by atoms with E-state index in [1.54, 1.807) is 17.5 Å². The van der Waals surface area contributed by atoms with Gasteiger partial charge in [-0.25, -0.2) is 0 Å². The summed E-state index contributed by atoms with van der Waals surface area (Å²) in [4.78, 5) is 5.62. The van der Waals surface area contributed by atoms with Gasteiger partial charge in [0.2, 0.25) is 0 Å². The first-order valence-electron chi connectivity index (χ1n) is 5.84. The molecule has 1 aromatic carbocycles. The van der Waals surface area contributed by atoms with Gasteiger partial charge < -0.3 is 11.1 Å². The maximum absolute atomic E-state index is 6.04. The monoisotopic (exact) mass is 333 g/mol. The van der Waals surface area contributed by atoms with E-state index in [2.05, 4.69) is 37.7 Å². The van der Waals surface area contributed by atoms with Crippen molar-refractivity contribution >= 4 is 49.5 Å². The lowest BCUT2D eigenvalue weighted by Gasteiger charge is -2.11. The number of hydrogen-bond acceptors (Lipinski definition) is 4. The molecule has 2 heterocycles. The van der Waals surface area contributed by atoms with E-state index in [1.807, 2.05) is 24.3 Å². The summed E-state index contributed by atoms with van der Waals surface area (Å²) in [5.41, 5.74) is 8.59. The molecular weight excluding hydrogens is 322 g/mol. The van der Waals surface area contributed by atoms with Crippen LogP contribution < -0.4 is 11.1 Å². The van der Waals surface area contributed by atoms with Crippen LogP contribution in [0.5, 0.6) is 0 Å². The number of hydrogen-bond donors (Lipinski definition) is 2. The standard InChI is InChI=1S/C14H12BrN3S/c15-9-3-4-13-11(6-9)14(12(16)8-17-13)18-7-10-2-1-5-19-10/h1-6,8H,7,16H2,(H,17,18). The molecule has 0 aliphatic rings.